The normalized spacial score (nSPS) is 11.9. The molecule has 0 atom stereocenters. The second-order valence-electron chi connectivity index (χ2n) is 5.71. The van der Waals surface area contributed by atoms with Crippen molar-refractivity contribution in [2.24, 2.45) is 0 Å². The molecule has 4 aromatic rings. The standard InChI is InChI=1S/C18H15N3O3S/c1-24-13-9-7-12(8-10-13)17-16(25(2,22)23)11-19-18-20-14-5-3-4-6-15(14)21(17)18/h3-11H,1-2H3. The Balaban J connectivity index is 2.17. The van der Waals surface area contributed by atoms with Crippen molar-refractivity contribution in [3.63, 3.8) is 0 Å². The first kappa shape index (κ1) is 15.6. The summed E-state index contributed by atoms with van der Waals surface area (Å²) < 4.78 is 31.7. The first-order valence-corrected chi connectivity index (χ1v) is 9.49. The number of methoxy groups -OCH3 is 1. The Kier molecular flexibility index (Phi) is 3.47. The Morgan fingerprint density at radius 1 is 1.04 bits per heavy atom. The summed E-state index contributed by atoms with van der Waals surface area (Å²) in [7, 11) is -1.89. The number of imidazole rings is 1. The van der Waals surface area contributed by atoms with Crippen LogP contribution in [0.2, 0.25) is 0 Å². The van der Waals surface area contributed by atoms with E-state index in [2.05, 4.69) is 9.97 Å². The van der Waals surface area contributed by atoms with E-state index in [9.17, 15) is 8.42 Å². The fourth-order valence-electron chi connectivity index (χ4n) is 2.90. The Morgan fingerprint density at radius 2 is 1.76 bits per heavy atom. The van der Waals surface area contributed by atoms with Gasteiger partial charge in [-0.2, -0.15) is 0 Å². The Bertz CT molecular complexity index is 1200. The van der Waals surface area contributed by atoms with Crippen molar-refractivity contribution in [3.8, 4) is 17.0 Å². The highest BCUT2D eigenvalue weighted by Gasteiger charge is 2.21. The third-order valence-corrected chi connectivity index (χ3v) is 5.16. The summed E-state index contributed by atoms with van der Waals surface area (Å²) in [6.45, 7) is 0. The van der Waals surface area contributed by atoms with Crippen molar-refractivity contribution in [2.45, 2.75) is 4.90 Å². The summed E-state index contributed by atoms with van der Waals surface area (Å²) in [4.78, 5) is 8.90. The number of fused-ring (bicyclic) bond motifs is 3. The van der Waals surface area contributed by atoms with Gasteiger partial charge in [0, 0.05) is 11.8 Å². The average Bonchev–Trinajstić information content (AvgIpc) is 2.99. The molecule has 7 heteroatoms. The molecule has 0 bridgehead atoms. The molecule has 2 heterocycles. The van der Waals surface area contributed by atoms with Crippen LogP contribution in [0, 0.1) is 0 Å². The van der Waals surface area contributed by atoms with Crippen molar-refractivity contribution in [1.29, 1.82) is 0 Å². The lowest BCUT2D eigenvalue weighted by molar-refractivity contribution is 0.415. The van der Waals surface area contributed by atoms with Gasteiger partial charge in [0.25, 0.3) is 0 Å². The maximum absolute atomic E-state index is 12.4. The van der Waals surface area contributed by atoms with Gasteiger partial charge in [0.05, 0.1) is 30.0 Å². The van der Waals surface area contributed by atoms with Gasteiger partial charge in [-0.3, -0.25) is 4.40 Å². The molecule has 0 aliphatic rings. The largest absolute Gasteiger partial charge is 0.497 e. The van der Waals surface area contributed by atoms with Crippen LogP contribution in [-0.4, -0.2) is 36.2 Å². The Hall–Kier alpha value is -2.93. The van der Waals surface area contributed by atoms with Crippen LogP contribution >= 0.6 is 0 Å². The topological polar surface area (TPSA) is 73.6 Å². The van der Waals surface area contributed by atoms with E-state index in [0.717, 1.165) is 16.6 Å². The number of ether oxygens (including phenoxy) is 1. The smallest absolute Gasteiger partial charge is 0.235 e. The minimum absolute atomic E-state index is 0.160. The van der Waals surface area contributed by atoms with E-state index in [1.807, 2.05) is 36.4 Å². The van der Waals surface area contributed by atoms with Gasteiger partial charge in [0.1, 0.15) is 10.6 Å². The Morgan fingerprint density at radius 3 is 2.44 bits per heavy atom. The molecular weight excluding hydrogens is 338 g/mol. The van der Waals surface area contributed by atoms with E-state index in [1.54, 1.807) is 23.6 Å². The molecule has 0 unspecified atom stereocenters. The van der Waals surface area contributed by atoms with Gasteiger partial charge in [0.15, 0.2) is 9.84 Å². The zero-order chi connectivity index (χ0) is 17.6. The highest BCUT2D eigenvalue weighted by molar-refractivity contribution is 7.90. The lowest BCUT2D eigenvalue weighted by atomic mass is 10.1. The van der Waals surface area contributed by atoms with Crippen LogP contribution in [0.5, 0.6) is 5.75 Å². The molecule has 0 radical (unpaired) electrons. The van der Waals surface area contributed by atoms with Crippen molar-refractivity contribution in [1.82, 2.24) is 14.4 Å². The molecule has 126 valence electrons. The molecule has 0 saturated heterocycles. The first-order valence-electron chi connectivity index (χ1n) is 7.60. The fraction of sp³-hybridized carbons (Fsp3) is 0.111. The summed E-state index contributed by atoms with van der Waals surface area (Å²) in [5, 5.41) is 0. The van der Waals surface area contributed by atoms with E-state index in [1.165, 1.54) is 12.5 Å². The molecule has 0 saturated carbocycles. The molecule has 0 spiro atoms. The van der Waals surface area contributed by atoms with E-state index in [4.69, 9.17) is 4.74 Å². The van der Waals surface area contributed by atoms with Crippen LogP contribution in [0.4, 0.5) is 0 Å². The van der Waals surface area contributed by atoms with E-state index in [-0.39, 0.29) is 4.90 Å². The van der Waals surface area contributed by atoms with E-state index < -0.39 is 9.84 Å². The molecule has 2 aromatic heterocycles. The number of sulfone groups is 1. The summed E-state index contributed by atoms with van der Waals surface area (Å²) in [6, 6.07) is 14.8. The second-order valence-corrected chi connectivity index (χ2v) is 7.69. The molecule has 2 aromatic carbocycles. The lowest BCUT2D eigenvalue weighted by Crippen LogP contribution is -2.06. The number of rotatable bonds is 3. The molecule has 0 amide bonds. The van der Waals surface area contributed by atoms with Gasteiger partial charge in [0.2, 0.25) is 5.78 Å². The Labute approximate surface area is 144 Å². The van der Waals surface area contributed by atoms with Crippen molar-refractivity contribution >= 4 is 26.6 Å². The monoisotopic (exact) mass is 353 g/mol. The van der Waals surface area contributed by atoms with Crippen LogP contribution < -0.4 is 4.74 Å². The SMILES string of the molecule is COc1ccc(-c2c(S(C)(=O)=O)cnc3nc4ccccc4n23)cc1. The minimum Gasteiger partial charge on any atom is -0.497 e. The predicted octanol–water partition coefficient (Wildman–Crippen LogP) is 2.96. The second kappa shape index (κ2) is 5.56. The van der Waals surface area contributed by atoms with Crippen LogP contribution in [0.25, 0.3) is 28.1 Å². The van der Waals surface area contributed by atoms with Crippen LogP contribution in [0.1, 0.15) is 0 Å². The zero-order valence-electron chi connectivity index (χ0n) is 13.7. The first-order chi connectivity index (χ1) is 12.0. The van der Waals surface area contributed by atoms with Crippen molar-refractivity contribution in [2.75, 3.05) is 13.4 Å². The molecule has 0 N–H and O–H groups in total. The number of hydrogen-bond acceptors (Lipinski definition) is 5. The molecule has 4 rings (SSSR count). The molecular formula is C18H15N3O3S. The van der Waals surface area contributed by atoms with E-state index >= 15 is 0 Å². The third kappa shape index (κ3) is 2.53. The molecule has 0 aliphatic heterocycles. The summed E-state index contributed by atoms with van der Waals surface area (Å²) in [5.74, 6) is 1.16. The van der Waals surface area contributed by atoms with Gasteiger partial charge in [-0.25, -0.2) is 18.4 Å². The highest BCUT2D eigenvalue weighted by Crippen LogP contribution is 2.31. The summed E-state index contributed by atoms with van der Waals surface area (Å²) >= 11 is 0. The lowest BCUT2D eigenvalue weighted by Gasteiger charge is -2.12. The molecule has 0 fully saturated rings. The maximum atomic E-state index is 12.4. The van der Waals surface area contributed by atoms with Gasteiger partial charge in [-0.15, -0.1) is 0 Å². The number of aromatic nitrogens is 3. The van der Waals surface area contributed by atoms with Gasteiger partial charge in [-0.1, -0.05) is 12.1 Å². The molecule has 0 aliphatic carbocycles. The number of hydrogen-bond donors (Lipinski definition) is 0. The zero-order valence-corrected chi connectivity index (χ0v) is 14.5. The van der Waals surface area contributed by atoms with Gasteiger partial charge < -0.3 is 4.74 Å². The maximum Gasteiger partial charge on any atom is 0.235 e. The number of benzene rings is 2. The number of nitrogens with zero attached hydrogens (tertiary/aromatic N) is 3. The third-order valence-electron chi connectivity index (χ3n) is 4.06. The average molecular weight is 353 g/mol. The van der Waals surface area contributed by atoms with Crippen LogP contribution in [-0.2, 0) is 9.84 Å². The van der Waals surface area contributed by atoms with Gasteiger partial charge >= 0.3 is 0 Å². The van der Waals surface area contributed by atoms with E-state index in [0.29, 0.717) is 17.2 Å². The predicted molar refractivity (Wildman–Crippen MR) is 95.6 cm³/mol. The summed E-state index contributed by atoms with van der Waals surface area (Å²) in [6.07, 6.45) is 2.55. The van der Waals surface area contributed by atoms with Crippen LogP contribution in [0.3, 0.4) is 0 Å². The minimum atomic E-state index is -3.48. The van der Waals surface area contributed by atoms with Crippen molar-refractivity contribution in [3.05, 3.63) is 54.7 Å². The van der Waals surface area contributed by atoms with Crippen molar-refractivity contribution < 1.29 is 13.2 Å². The highest BCUT2D eigenvalue weighted by atomic mass is 32.2. The molecule has 6 nitrogen and oxygen atoms in total. The molecule has 25 heavy (non-hydrogen) atoms. The van der Waals surface area contributed by atoms with Gasteiger partial charge in [-0.05, 0) is 36.4 Å². The number of para-hydroxylation sites is 2. The fourth-order valence-corrected chi connectivity index (χ4v) is 3.70. The quantitative estimate of drug-likeness (QED) is 0.566. The van der Waals surface area contributed by atoms with Crippen LogP contribution in [0.15, 0.2) is 59.6 Å². The summed E-state index contributed by atoms with van der Waals surface area (Å²) in [5.41, 5.74) is 2.86.